The maximum absolute atomic E-state index is 11.6. The van der Waals surface area contributed by atoms with E-state index in [1.165, 1.54) is 0 Å². The number of ether oxygens (including phenoxy) is 1. The fourth-order valence-corrected chi connectivity index (χ4v) is 2.28. The highest BCUT2D eigenvalue weighted by molar-refractivity contribution is 5.67. The Labute approximate surface area is 113 Å². The lowest BCUT2D eigenvalue weighted by Crippen LogP contribution is -2.45. The van der Waals surface area contributed by atoms with Crippen LogP contribution in [0.4, 0.5) is 4.79 Å². The summed E-state index contributed by atoms with van der Waals surface area (Å²) in [5, 5.41) is 3.49. The molecule has 1 N–H and O–H groups in total. The van der Waals surface area contributed by atoms with Crippen LogP contribution in [-0.4, -0.2) is 46.3 Å². The van der Waals surface area contributed by atoms with Crippen LogP contribution < -0.4 is 5.32 Å². The predicted octanol–water partition coefficient (Wildman–Crippen LogP) is 1.13. The molecular weight excluding hydrogens is 244 g/mol. The summed E-state index contributed by atoms with van der Waals surface area (Å²) in [7, 11) is 1.99. The lowest BCUT2D eigenvalue weighted by atomic mass is 10.1. The van der Waals surface area contributed by atoms with Gasteiger partial charge in [0.25, 0.3) is 0 Å². The molecule has 1 aliphatic rings. The monoisotopic (exact) mass is 266 g/mol. The largest absolute Gasteiger partial charge is 0.450 e. The van der Waals surface area contributed by atoms with Gasteiger partial charge in [-0.1, -0.05) is 0 Å². The van der Waals surface area contributed by atoms with Crippen molar-refractivity contribution in [2.45, 2.75) is 32.4 Å². The smallest absolute Gasteiger partial charge is 0.409 e. The van der Waals surface area contributed by atoms with Crippen LogP contribution in [-0.2, 0) is 18.3 Å². The summed E-state index contributed by atoms with van der Waals surface area (Å²) >= 11 is 0. The zero-order valence-corrected chi connectivity index (χ0v) is 11.6. The molecule has 1 aliphatic heterocycles. The van der Waals surface area contributed by atoms with Crippen molar-refractivity contribution in [3.63, 3.8) is 0 Å². The predicted molar refractivity (Wildman–Crippen MR) is 71.7 cm³/mol. The Bertz CT molecular complexity index is 411. The minimum Gasteiger partial charge on any atom is -0.450 e. The Morgan fingerprint density at radius 2 is 2.26 bits per heavy atom. The molecule has 1 aromatic heterocycles. The second kappa shape index (κ2) is 6.56. The number of hydrogen-bond donors (Lipinski definition) is 1. The highest BCUT2D eigenvalue weighted by Crippen LogP contribution is 2.12. The molecule has 0 bridgehead atoms. The van der Waals surface area contributed by atoms with Crippen LogP contribution in [0.2, 0.25) is 0 Å². The van der Waals surface area contributed by atoms with Crippen LogP contribution in [0.1, 0.15) is 25.6 Å². The number of amides is 1. The van der Waals surface area contributed by atoms with E-state index >= 15 is 0 Å². The summed E-state index contributed by atoms with van der Waals surface area (Å²) in [4.78, 5) is 17.6. The number of aryl methyl sites for hydroxylation is 1. The lowest BCUT2D eigenvalue weighted by Gasteiger charge is -2.31. The molecule has 1 fully saturated rings. The van der Waals surface area contributed by atoms with Crippen LogP contribution in [0.5, 0.6) is 0 Å². The molecule has 0 radical (unpaired) electrons. The Morgan fingerprint density at radius 3 is 2.84 bits per heavy atom. The van der Waals surface area contributed by atoms with Crippen LogP contribution in [0, 0.1) is 0 Å². The standard InChI is InChI=1S/C13H22N4O2/c1-3-19-13(18)17-7-4-11(5-8-17)15-10-12-14-6-9-16(12)2/h6,9,11,15H,3-5,7-8,10H2,1-2H3. The SMILES string of the molecule is CCOC(=O)N1CCC(NCc2nccn2C)CC1. The van der Waals surface area contributed by atoms with Gasteiger partial charge in [-0.25, -0.2) is 9.78 Å². The van der Waals surface area contributed by atoms with Gasteiger partial charge in [-0.2, -0.15) is 0 Å². The molecule has 0 aromatic carbocycles. The molecule has 1 amide bonds. The van der Waals surface area contributed by atoms with Gasteiger partial charge in [-0.15, -0.1) is 0 Å². The van der Waals surface area contributed by atoms with Crippen molar-refractivity contribution in [3.8, 4) is 0 Å². The van der Waals surface area contributed by atoms with E-state index in [0.717, 1.165) is 38.3 Å². The van der Waals surface area contributed by atoms with Crippen molar-refractivity contribution >= 4 is 6.09 Å². The first kappa shape index (κ1) is 13.9. The van der Waals surface area contributed by atoms with Gasteiger partial charge in [-0.05, 0) is 19.8 Å². The van der Waals surface area contributed by atoms with Crippen molar-refractivity contribution in [1.29, 1.82) is 0 Å². The second-order valence-electron chi connectivity index (χ2n) is 4.80. The molecule has 0 unspecified atom stereocenters. The number of imidazole rings is 1. The number of aromatic nitrogens is 2. The molecule has 0 aliphatic carbocycles. The Balaban J connectivity index is 1.72. The van der Waals surface area contributed by atoms with E-state index in [1.54, 1.807) is 11.1 Å². The molecule has 6 heteroatoms. The fourth-order valence-electron chi connectivity index (χ4n) is 2.28. The first-order valence-electron chi connectivity index (χ1n) is 6.82. The van der Waals surface area contributed by atoms with Crippen molar-refractivity contribution in [2.24, 2.45) is 7.05 Å². The van der Waals surface area contributed by atoms with Crippen molar-refractivity contribution in [2.75, 3.05) is 19.7 Å². The van der Waals surface area contributed by atoms with Crippen molar-refractivity contribution in [1.82, 2.24) is 19.8 Å². The number of rotatable bonds is 4. The van der Waals surface area contributed by atoms with E-state index in [1.807, 2.05) is 24.7 Å². The maximum atomic E-state index is 11.6. The summed E-state index contributed by atoms with van der Waals surface area (Å²) in [5.74, 6) is 1.04. The Hall–Kier alpha value is -1.56. The molecule has 2 heterocycles. The molecule has 106 valence electrons. The molecule has 2 rings (SSSR count). The molecule has 19 heavy (non-hydrogen) atoms. The van der Waals surface area contributed by atoms with E-state index in [-0.39, 0.29) is 6.09 Å². The summed E-state index contributed by atoms with van der Waals surface area (Å²) in [5.41, 5.74) is 0. The zero-order chi connectivity index (χ0) is 13.7. The van der Waals surface area contributed by atoms with Gasteiger partial charge in [0.15, 0.2) is 0 Å². The number of likely N-dealkylation sites (tertiary alicyclic amines) is 1. The van der Waals surface area contributed by atoms with Gasteiger partial charge in [0.2, 0.25) is 0 Å². The number of carbonyl (C=O) groups is 1. The normalized spacial score (nSPS) is 16.6. The number of piperidine rings is 1. The molecule has 1 aromatic rings. The first-order valence-corrected chi connectivity index (χ1v) is 6.82. The highest BCUT2D eigenvalue weighted by Gasteiger charge is 2.23. The van der Waals surface area contributed by atoms with E-state index in [0.29, 0.717) is 12.6 Å². The van der Waals surface area contributed by atoms with Crippen LogP contribution in [0.25, 0.3) is 0 Å². The summed E-state index contributed by atoms with van der Waals surface area (Å²) in [6.45, 7) is 4.57. The molecule has 0 spiro atoms. The van der Waals surface area contributed by atoms with Gasteiger partial charge >= 0.3 is 6.09 Å². The van der Waals surface area contributed by atoms with E-state index < -0.39 is 0 Å². The number of carbonyl (C=O) groups excluding carboxylic acids is 1. The average Bonchev–Trinajstić information content (AvgIpc) is 2.83. The van der Waals surface area contributed by atoms with Gasteiger partial charge < -0.3 is 19.5 Å². The Kier molecular flexibility index (Phi) is 4.79. The van der Waals surface area contributed by atoms with Crippen molar-refractivity contribution < 1.29 is 9.53 Å². The van der Waals surface area contributed by atoms with E-state index in [9.17, 15) is 4.79 Å². The molecular formula is C13H22N4O2. The second-order valence-corrected chi connectivity index (χ2v) is 4.80. The van der Waals surface area contributed by atoms with E-state index in [4.69, 9.17) is 4.74 Å². The summed E-state index contributed by atoms with van der Waals surface area (Å²) < 4.78 is 7.02. The highest BCUT2D eigenvalue weighted by atomic mass is 16.6. The zero-order valence-electron chi connectivity index (χ0n) is 11.6. The van der Waals surface area contributed by atoms with Gasteiger partial charge in [0.05, 0.1) is 13.2 Å². The number of nitrogens with one attached hydrogen (secondary N) is 1. The number of hydrogen-bond acceptors (Lipinski definition) is 4. The quantitative estimate of drug-likeness (QED) is 0.887. The third-order valence-electron chi connectivity index (χ3n) is 3.49. The minimum atomic E-state index is -0.190. The maximum Gasteiger partial charge on any atom is 0.409 e. The van der Waals surface area contributed by atoms with Crippen LogP contribution in [0.3, 0.4) is 0 Å². The molecule has 6 nitrogen and oxygen atoms in total. The van der Waals surface area contributed by atoms with Gasteiger partial charge in [0, 0.05) is 38.6 Å². The van der Waals surface area contributed by atoms with Gasteiger partial charge in [0.1, 0.15) is 5.82 Å². The fraction of sp³-hybridized carbons (Fsp3) is 0.692. The third-order valence-corrected chi connectivity index (χ3v) is 3.49. The lowest BCUT2D eigenvalue weighted by molar-refractivity contribution is 0.0949. The van der Waals surface area contributed by atoms with Crippen molar-refractivity contribution in [3.05, 3.63) is 18.2 Å². The molecule has 1 saturated heterocycles. The molecule has 0 atom stereocenters. The summed E-state index contributed by atoms with van der Waals surface area (Å²) in [6.07, 6.45) is 5.48. The molecule has 0 saturated carbocycles. The van der Waals surface area contributed by atoms with Crippen LogP contribution in [0.15, 0.2) is 12.4 Å². The first-order chi connectivity index (χ1) is 9.20. The van der Waals surface area contributed by atoms with E-state index in [2.05, 4.69) is 10.3 Å². The van der Waals surface area contributed by atoms with Gasteiger partial charge in [-0.3, -0.25) is 0 Å². The Morgan fingerprint density at radius 1 is 1.53 bits per heavy atom. The van der Waals surface area contributed by atoms with Crippen LogP contribution >= 0.6 is 0 Å². The average molecular weight is 266 g/mol. The number of nitrogens with zero attached hydrogens (tertiary/aromatic N) is 3. The topological polar surface area (TPSA) is 59.4 Å². The minimum absolute atomic E-state index is 0.190. The third kappa shape index (κ3) is 3.70. The summed E-state index contributed by atoms with van der Waals surface area (Å²) in [6, 6.07) is 0.447.